The van der Waals surface area contributed by atoms with Crippen molar-refractivity contribution in [3.05, 3.63) is 17.0 Å². The van der Waals surface area contributed by atoms with Crippen molar-refractivity contribution in [3.63, 3.8) is 0 Å². The predicted molar refractivity (Wildman–Crippen MR) is 74.3 cm³/mol. The molecule has 1 unspecified atom stereocenters. The number of thioether (sulfide) groups is 1. The van der Waals surface area contributed by atoms with Crippen LogP contribution in [0.1, 0.15) is 23.4 Å². The lowest BCUT2D eigenvalue weighted by Gasteiger charge is -2.13. The Labute approximate surface area is 116 Å². The number of aromatic amines is 1. The number of hydrogen-bond acceptors (Lipinski definition) is 4. The van der Waals surface area contributed by atoms with Crippen molar-refractivity contribution in [3.8, 4) is 0 Å². The van der Waals surface area contributed by atoms with Crippen LogP contribution in [0.3, 0.4) is 0 Å². The maximum atomic E-state index is 11.9. The van der Waals surface area contributed by atoms with Crippen molar-refractivity contribution in [2.24, 2.45) is 0 Å². The number of nitrogens with zero attached hydrogens (tertiary/aromatic N) is 1. The third-order valence-electron chi connectivity index (χ3n) is 2.86. The third-order valence-corrected chi connectivity index (χ3v) is 3.51. The Morgan fingerprint density at radius 1 is 1.47 bits per heavy atom. The fourth-order valence-corrected chi connectivity index (χ4v) is 2.20. The maximum Gasteiger partial charge on any atom is 0.326 e. The molecule has 0 saturated heterocycles. The second-order valence-corrected chi connectivity index (χ2v) is 5.31. The lowest BCUT2D eigenvalue weighted by atomic mass is 10.1. The summed E-state index contributed by atoms with van der Waals surface area (Å²) in [5.74, 6) is -0.592. The highest BCUT2D eigenvalue weighted by Crippen LogP contribution is 2.10. The van der Waals surface area contributed by atoms with Gasteiger partial charge >= 0.3 is 5.97 Å². The first kappa shape index (κ1) is 15.6. The van der Waals surface area contributed by atoms with Crippen LogP contribution in [-0.4, -0.2) is 45.2 Å². The zero-order chi connectivity index (χ0) is 14.4. The molecule has 0 aliphatic carbocycles. The average Bonchev–Trinajstić information content (AvgIpc) is 2.66. The van der Waals surface area contributed by atoms with E-state index in [-0.39, 0.29) is 12.3 Å². The van der Waals surface area contributed by atoms with Crippen LogP contribution >= 0.6 is 11.8 Å². The van der Waals surface area contributed by atoms with Crippen molar-refractivity contribution in [2.45, 2.75) is 32.7 Å². The number of nitrogens with one attached hydrogen (secondary N) is 2. The summed E-state index contributed by atoms with van der Waals surface area (Å²) in [5, 5.41) is 18.4. The van der Waals surface area contributed by atoms with Crippen molar-refractivity contribution < 1.29 is 14.7 Å². The standard InChI is InChI=1S/C12H19N3O3S/c1-7-9(8(2)15-14-7)6-11(16)13-10(12(17)18)4-5-19-3/h10H,4-6H2,1-3H3,(H,13,16)(H,14,15)(H,17,18). The van der Waals surface area contributed by atoms with E-state index in [2.05, 4.69) is 15.5 Å². The summed E-state index contributed by atoms with van der Waals surface area (Å²) in [7, 11) is 0. The molecule has 1 aromatic rings. The fraction of sp³-hybridized carbons (Fsp3) is 0.583. The quantitative estimate of drug-likeness (QED) is 0.691. The topological polar surface area (TPSA) is 95.1 Å². The van der Waals surface area contributed by atoms with Gasteiger partial charge in [-0.05, 0) is 32.3 Å². The van der Waals surface area contributed by atoms with Crippen molar-refractivity contribution >= 4 is 23.6 Å². The van der Waals surface area contributed by atoms with Crippen molar-refractivity contribution in [1.82, 2.24) is 15.5 Å². The van der Waals surface area contributed by atoms with Gasteiger partial charge < -0.3 is 10.4 Å². The van der Waals surface area contributed by atoms with Crippen LogP contribution in [0.2, 0.25) is 0 Å². The van der Waals surface area contributed by atoms with Crippen LogP contribution in [0.5, 0.6) is 0 Å². The van der Waals surface area contributed by atoms with Crippen LogP contribution in [0, 0.1) is 13.8 Å². The largest absolute Gasteiger partial charge is 0.480 e. The van der Waals surface area contributed by atoms with E-state index in [0.717, 1.165) is 17.0 Å². The molecule has 106 valence electrons. The molecule has 0 aliphatic heterocycles. The van der Waals surface area contributed by atoms with E-state index >= 15 is 0 Å². The van der Waals surface area contributed by atoms with E-state index in [1.807, 2.05) is 20.1 Å². The van der Waals surface area contributed by atoms with Crippen molar-refractivity contribution in [1.29, 1.82) is 0 Å². The molecule has 1 rings (SSSR count). The number of amides is 1. The number of hydrogen-bond donors (Lipinski definition) is 3. The van der Waals surface area contributed by atoms with Crippen LogP contribution in [-0.2, 0) is 16.0 Å². The lowest BCUT2D eigenvalue weighted by Crippen LogP contribution is -2.42. The molecule has 19 heavy (non-hydrogen) atoms. The van der Waals surface area contributed by atoms with E-state index < -0.39 is 12.0 Å². The van der Waals surface area contributed by atoms with Gasteiger partial charge in [0.2, 0.25) is 5.91 Å². The molecule has 1 aromatic heterocycles. The molecule has 6 nitrogen and oxygen atoms in total. The normalized spacial score (nSPS) is 12.2. The summed E-state index contributed by atoms with van der Waals surface area (Å²) in [6.45, 7) is 3.65. The van der Waals surface area contributed by atoms with Crippen LogP contribution < -0.4 is 5.32 Å². The SMILES string of the molecule is CSCCC(NC(=O)Cc1c(C)n[nH]c1C)C(=O)O. The minimum atomic E-state index is -0.997. The van der Waals surface area contributed by atoms with Gasteiger partial charge in [-0.1, -0.05) is 0 Å². The zero-order valence-corrected chi connectivity index (χ0v) is 12.1. The summed E-state index contributed by atoms with van der Waals surface area (Å²) in [6.07, 6.45) is 2.47. The summed E-state index contributed by atoms with van der Waals surface area (Å²) in [6, 6.07) is -0.826. The molecule has 1 atom stereocenters. The summed E-state index contributed by atoms with van der Waals surface area (Å²) >= 11 is 1.56. The molecule has 7 heteroatoms. The zero-order valence-electron chi connectivity index (χ0n) is 11.3. The Morgan fingerprint density at radius 3 is 2.63 bits per heavy atom. The molecule has 0 radical (unpaired) electrons. The van der Waals surface area contributed by atoms with Gasteiger partial charge in [0, 0.05) is 11.3 Å². The number of carboxylic acid groups (broad SMARTS) is 1. The Kier molecular flexibility index (Phi) is 5.88. The molecule has 0 bridgehead atoms. The second kappa shape index (κ2) is 7.18. The second-order valence-electron chi connectivity index (χ2n) is 4.33. The first-order chi connectivity index (χ1) is 8.95. The molecule has 0 spiro atoms. The fourth-order valence-electron chi connectivity index (χ4n) is 1.73. The molecular weight excluding hydrogens is 266 g/mol. The van der Waals surface area contributed by atoms with Gasteiger partial charge in [0.15, 0.2) is 0 Å². The van der Waals surface area contributed by atoms with Gasteiger partial charge in [0.1, 0.15) is 6.04 Å². The summed E-state index contributed by atoms with van der Waals surface area (Å²) < 4.78 is 0. The van der Waals surface area contributed by atoms with E-state index in [1.165, 1.54) is 0 Å². The Balaban J connectivity index is 2.60. The number of rotatable bonds is 7. The monoisotopic (exact) mass is 285 g/mol. The average molecular weight is 285 g/mol. The number of carbonyl (C=O) groups is 2. The minimum absolute atomic E-state index is 0.150. The van der Waals surface area contributed by atoms with Crippen LogP contribution in [0.4, 0.5) is 0 Å². The Morgan fingerprint density at radius 2 is 2.16 bits per heavy atom. The molecule has 0 aliphatic rings. The molecule has 0 saturated carbocycles. The molecule has 1 amide bonds. The third kappa shape index (κ3) is 4.59. The number of carbonyl (C=O) groups excluding carboxylic acids is 1. The highest BCUT2D eigenvalue weighted by Gasteiger charge is 2.20. The maximum absolute atomic E-state index is 11.9. The van der Waals surface area contributed by atoms with Gasteiger partial charge in [0.05, 0.1) is 12.1 Å². The van der Waals surface area contributed by atoms with Crippen LogP contribution in [0.25, 0.3) is 0 Å². The van der Waals surface area contributed by atoms with E-state index in [1.54, 1.807) is 11.8 Å². The molecule has 3 N–H and O–H groups in total. The number of aryl methyl sites for hydroxylation is 2. The van der Waals surface area contributed by atoms with E-state index in [0.29, 0.717) is 12.2 Å². The summed E-state index contributed by atoms with van der Waals surface area (Å²) in [4.78, 5) is 22.9. The first-order valence-corrected chi connectivity index (χ1v) is 7.36. The van der Waals surface area contributed by atoms with Crippen molar-refractivity contribution in [2.75, 3.05) is 12.0 Å². The van der Waals surface area contributed by atoms with E-state index in [4.69, 9.17) is 5.11 Å². The number of H-pyrrole nitrogens is 1. The first-order valence-electron chi connectivity index (χ1n) is 5.97. The Hall–Kier alpha value is -1.50. The van der Waals surface area contributed by atoms with Crippen LogP contribution in [0.15, 0.2) is 0 Å². The Bertz CT molecular complexity index is 440. The molecule has 0 fully saturated rings. The van der Waals surface area contributed by atoms with E-state index in [9.17, 15) is 9.59 Å². The predicted octanol–water partition coefficient (Wildman–Crippen LogP) is 0.892. The minimum Gasteiger partial charge on any atom is -0.480 e. The number of carboxylic acids is 1. The summed E-state index contributed by atoms with van der Waals surface area (Å²) in [5.41, 5.74) is 2.43. The van der Waals surface area contributed by atoms with Gasteiger partial charge in [0.25, 0.3) is 0 Å². The highest BCUT2D eigenvalue weighted by molar-refractivity contribution is 7.98. The number of aliphatic carboxylic acids is 1. The lowest BCUT2D eigenvalue weighted by molar-refractivity contribution is -0.141. The van der Waals surface area contributed by atoms with Gasteiger partial charge in [-0.3, -0.25) is 9.89 Å². The number of aromatic nitrogens is 2. The highest BCUT2D eigenvalue weighted by atomic mass is 32.2. The van der Waals surface area contributed by atoms with Gasteiger partial charge in [-0.15, -0.1) is 0 Å². The van der Waals surface area contributed by atoms with Gasteiger partial charge in [-0.2, -0.15) is 16.9 Å². The molecule has 0 aromatic carbocycles. The smallest absolute Gasteiger partial charge is 0.326 e. The van der Waals surface area contributed by atoms with Gasteiger partial charge in [-0.25, -0.2) is 4.79 Å². The molecular formula is C12H19N3O3S. The molecule has 1 heterocycles.